The van der Waals surface area contributed by atoms with Crippen LogP contribution in [0.3, 0.4) is 0 Å². The van der Waals surface area contributed by atoms with Gasteiger partial charge < -0.3 is 14.0 Å². The first kappa shape index (κ1) is 20.9. The highest BCUT2D eigenvalue weighted by atomic mass is 32.2. The third-order valence-corrected chi connectivity index (χ3v) is 6.96. The highest BCUT2D eigenvalue weighted by Gasteiger charge is 2.32. The van der Waals surface area contributed by atoms with E-state index in [1.165, 1.54) is 0 Å². The maximum atomic E-state index is 12.8. The lowest BCUT2D eigenvalue weighted by atomic mass is 9.84. The standard InChI is InChI=1S/C21H34N2O3S/c1-14-5-8-17-9-12-19(22-27-4)20(23(17)21(14)24)13-26-18-10-6-16(7-11-18)15(2)25-3/h5,8,15-16,18-20,22H,6-7,9-13H2,1-4H3. The van der Waals surface area contributed by atoms with Gasteiger partial charge in [0.2, 0.25) is 0 Å². The summed E-state index contributed by atoms with van der Waals surface area (Å²) < 4.78 is 17.3. The lowest BCUT2D eigenvalue weighted by Crippen LogP contribution is -2.46. The van der Waals surface area contributed by atoms with Crippen LogP contribution in [-0.2, 0) is 15.9 Å². The number of fused-ring (bicyclic) bond motifs is 1. The summed E-state index contributed by atoms with van der Waals surface area (Å²) in [4.78, 5) is 12.8. The van der Waals surface area contributed by atoms with Crippen LogP contribution in [-0.4, -0.2) is 42.8 Å². The van der Waals surface area contributed by atoms with Gasteiger partial charge in [0, 0.05) is 24.4 Å². The molecule has 152 valence electrons. The van der Waals surface area contributed by atoms with E-state index in [1.807, 2.05) is 23.8 Å². The average molecular weight is 395 g/mol. The van der Waals surface area contributed by atoms with Crippen molar-refractivity contribution in [1.82, 2.24) is 9.29 Å². The summed E-state index contributed by atoms with van der Waals surface area (Å²) in [6.45, 7) is 4.67. The summed E-state index contributed by atoms with van der Waals surface area (Å²) >= 11 is 1.63. The first-order valence-corrected chi connectivity index (χ1v) is 11.4. The van der Waals surface area contributed by atoms with E-state index in [4.69, 9.17) is 9.47 Å². The second-order valence-corrected chi connectivity index (χ2v) is 8.67. The van der Waals surface area contributed by atoms with Crippen LogP contribution in [0.4, 0.5) is 0 Å². The Kier molecular flexibility index (Phi) is 7.42. The van der Waals surface area contributed by atoms with Crippen molar-refractivity contribution in [3.8, 4) is 0 Å². The monoisotopic (exact) mass is 394 g/mol. The number of ether oxygens (including phenoxy) is 2. The van der Waals surface area contributed by atoms with E-state index in [0.29, 0.717) is 24.7 Å². The fraction of sp³-hybridized carbons (Fsp3) is 0.762. The zero-order chi connectivity index (χ0) is 19.4. The molecule has 0 radical (unpaired) electrons. The molecule has 1 fully saturated rings. The summed E-state index contributed by atoms with van der Waals surface area (Å²) in [6.07, 6.45) is 9.13. The van der Waals surface area contributed by atoms with Gasteiger partial charge in [-0.15, -0.1) is 0 Å². The molecule has 1 aliphatic carbocycles. The molecule has 3 unspecified atom stereocenters. The van der Waals surface area contributed by atoms with Gasteiger partial charge in [-0.3, -0.25) is 9.52 Å². The zero-order valence-electron chi connectivity index (χ0n) is 17.1. The molecular weight excluding hydrogens is 360 g/mol. The number of aryl methyl sites for hydroxylation is 2. The summed E-state index contributed by atoms with van der Waals surface area (Å²) in [7, 11) is 1.80. The van der Waals surface area contributed by atoms with Crippen molar-refractivity contribution in [2.24, 2.45) is 5.92 Å². The number of aromatic nitrogens is 1. The molecule has 1 N–H and O–H groups in total. The SMILES string of the molecule is COC(C)C1CCC(OCC2C(NSC)CCc3ccc(C)c(=O)n32)CC1. The van der Waals surface area contributed by atoms with Crippen LogP contribution in [0.5, 0.6) is 0 Å². The van der Waals surface area contributed by atoms with Crippen LogP contribution in [0.2, 0.25) is 0 Å². The Morgan fingerprint density at radius 3 is 2.67 bits per heavy atom. The molecule has 0 bridgehead atoms. The molecular formula is C21H34N2O3S. The van der Waals surface area contributed by atoms with E-state index < -0.39 is 0 Å². The Labute approximate surface area is 167 Å². The number of nitrogens with one attached hydrogen (secondary N) is 1. The number of methoxy groups -OCH3 is 1. The van der Waals surface area contributed by atoms with Crippen molar-refractivity contribution < 1.29 is 9.47 Å². The van der Waals surface area contributed by atoms with Crippen LogP contribution in [0.15, 0.2) is 16.9 Å². The fourth-order valence-electron chi connectivity index (χ4n) is 4.57. The Hall–Kier alpha value is -0.820. The van der Waals surface area contributed by atoms with Gasteiger partial charge in [-0.05, 0) is 70.6 Å². The van der Waals surface area contributed by atoms with Gasteiger partial charge in [0.05, 0.1) is 24.9 Å². The molecule has 3 rings (SSSR count). The van der Waals surface area contributed by atoms with Gasteiger partial charge in [0.25, 0.3) is 5.56 Å². The van der Waals surface area contributed by atoms with Gasteiger partial charge in [0.15, 0.2) is 0 Å². The predicted octanol–water partition coefficient (Wildman–Crippen LogP) is 3.49. The van der Waals surface area contributed by atoms with Crippen LogP contribution in [0.25, 0.3) is 0 Å². The molecule has 5 nitrogen and oxygen atoms in total. The first-order valence-electron chi connectivity index (χ1n) is 10.2. The van der Waals surface area contributed by atoms with Gasteiger partial charge >= 0.3 is 0 Å². The maximum Gasteiger partial charge on any atom is 0.254 e. The van der Waals surface area contributed by atoms with Gasteiger partial charge in [-0.1, -0.05) is 18.0 Å². The van der Waals surface area contributed by atoms with Crippen molar-refractivity contribution in [1.29, 1.82) is 0 Å². The van der Waals surface area contributed by atoms with Gasteiger partial charge in [-0.25, -0.2) is 0 Å². The van der Waals surface area contributed by atoms with Crippen molar-refractivity contribution in [2.45, 2.75) is 76.7 Å². The maximum absolute atomic E-state index is 12.8. The fourth-order valence-corrected chi connectivity index (χ4v) is 5.15. The highest BCUT2D eigenvalue weighted by molar-refractivity contribution is 7.96. The lowest BCUT2D eigenvalue weighted by Gasteiger charge is -2.37. The van der Waals surface area contributed by atoms with E-state index in [0.717, 1.165) is 49.8 Å². The van der Waals surface area contributed by atoms with Crippen molar-refractivity contribution in [2.75, 3.05) is 20.0 Å². The smallest absolute Gasteiger partial charge is 0.254 e. The molecule has 1 saturated carbocycles. The van der Waals surface area contributed by atoms with Gasteiger partial charge in [0.1, 0.15) is 0 Å². The average Bonchev–Trinajstić information content (AvgIpc) is 2.70. The molecule has 1 aromatic heterocycles. The largest absolute Gasteiger partial charge is 0.381 e. The molecule has 1 aliphatic heterocycles. The molecule has 0 amide bonds. The zero-order valence-corrected chi connectivity index (χ0v) is 17.9. The predicted molar refractivity (Wildman–Crippen MR) is 111 cm³/mol. The minimum absolute atomic E-state index is 0.0595. The Balaban J connectivity index is 1.68. The first-order chi connectivity index (χ1) is 13.0. The van der Waals surface area contributed by atoms with Crippen LogP contribution in [0.1, 0.15) is 56.3 Å². The number of hydrogen-bond donors (Lipinski definition) is 1. The molecule has 1 aromatic rings. The minimum atomic E-state index is 0.0595. The van der Waals surface area contributed by atoms with E-state index in [1.54, 1.807) is 19.1 Å². The highest BCUT2D eigenvalue weighted by Crippen LogP contribution is 2.31. The number of pyridine rings is 1. The number of rotatable bonds is 7. The minimum Gasteiger partial charge on any atom is -0.381 e. The summed E-state index contributed by atoms with van der Waals surface area (Å²) in [6, 6.07) is 4.38. The molecule has 27 heavy (non-hydrogen) atoms. The van der Waals surface area contributed by atoms with E-state index in [9.17, 15) is 4.79 Å². The summed E-state index contributed by atoms with van der Waals surface area (Å²) in [5.41, 5.74) is 2.07. The Morgan fingerprint density at radius 1 is 1.26 bits per heavy atom. The van der Waals surface area contributed by atoms with E-state index in [-0.39, 0.29) is 17.6 Å². The molecule has 0 spiro atoms. The van der Waals surface area contributed by atoms with E-state index in [2.05, 4.69) is 17.7 Å². The van der Waals surface area contributed by atoms with Crippen molar-refractivity contribution in [3.63, 3.8) is 0 Å². The topological polar surface area (TPSA) is 52.5 Å². The second-order valence-electron chi connectivity index (χ2n) is 8.03. The van der Waals surface area contributed by atoms with Crippen LogP contribution < -0.4 is 10.3 Å². The Bertz CT molecular complexity index is 670. The number of nitrogens with zero attached hydrogens (tertiary/aromatic N) is 1. The second kappa shape index (κ2) is 9.59. The molecule has 3 atom stereocenters. The molecule has 2 aliphatic rings. The molecule has 0 aromatic carbocycles. The van der Waals surface area contributed by atoms with Crippen LogP contribution in [0, 0.1) is 12.8 Å². The quantitative estimate of drug-likeness (QED) is 0.718. The summed E-state index contributed by atoms with van der Waals surface area (Å²) in [5, 5.41) is 0. The molecule has 2 heterocycles. The third-order valence-electron chi connectivity index (χ3n) is 6.43. The molecule has 0 saturated heterocycles. The van der Waals surface area contributed by atoms with E-state index >= 15 is 0 Å². The van der Waals surface area contributed by atoms with Crippen molar-refractivity contribution in [3.05, 3.63) is 33.7 Å². The van der Waals surface area contributed by atoms with Gasteiger partial charge in [-0.2, -0.15) is 0 Å². The Morgan fingerprint density at radius 2 is 2.00 bits per heavy atom. The molecule has 6 heteroatoms. The normalized spacial score (nSPS) is 29.3. The third kappa shape index (κ3) is 4.78. The lowest BCUT2D eigenvalue weighted by molar-refractivity contribution is -0.0266. The number of hydrogen-bond acceptors (Lipinski definition) is 5. The summed E-state index contributed by atoms with van der Waals surface area (Å²) in [5.74, 6) is 0.640. The van der Waals surface area contributed by atoms with Crippen molar-refractivity contribution >= 4 is 11.9 Å². The van der Waals surface area contributed by atoms with Crippen LogP contribution >= 0.6 is 11.9 Å².